The summed E-state index contributed by atoms with van der Waals surface area (Å²) in [5.74, 6) is 2.46. The predicted octanol–water partition coefficient (Wildman–Crippen LogP) is 1.97. The second kappa shape index (κ2) is 5.07. The molecule has 5 heteroatoms. The molecule has 5 aliphatic rings. The zero-order valence-corrected chi connectivity index (χ0v) is 13.2. The van der Waals surface area contributed by atoms with E-state index in [0.29, 0.717) is 24.0 Å². The molecule has 1 unspecified atom stereocenters. The molecule has 1 atom stereocenters. The van der Waals surface area contributed by atoms with Crippen LogP contribution in [0.25, 0.3) is 0 Å². The molecule has 2 N–H and O–H groups in total. The lowest BCUT2D eigenvalue weighted by Gasteiger charge is -2.59. The zero-order valence-electron chi connectivity index (χ0n) is 13.2. The van der Waals surface area contributed by atoms with Crippen LogP contribution in [0, 0.1) is 23.2 Å². The van der Waals surface area contributed by atoms with Gasteiger partial charge in [0.2, 0.25) is 5.91 Å². The summed E-state index contributed by atoms with van der Waals surface area (Å²) in [6.07, 6.45) is 8.90. The first-order valence-corrected chi connectivity index (χ1v) is 8.70. The van der Waals surface area contributed by atoms with Gasteiger partial charge in [0.05, 0.1) is 0 Å². The van der Waals surface area contributed by atoms with Crippen molar-refractivity contribution in [1.29, 1.82) is 0 Å². The van der Waals surface area contributed by atoms with E-state index < -0.39 is 0 Å². The number of hydrogen-bond acceptors (Lipinski definition) is 3. The summed E-state index contributed by atoms with van der Waals surface area (Å²) in [5.41, 5.74) is 3.19. The molecule has 0 saturated heterocycles. The van der Waals surface area contributed by atoms with Crippen LogP contribution in [0.4, 0.5) is 0 Å². The van der Waals surface area contributed by atoms with Gasteiger partial charge in [-0.2, -0.15) is 5.10 Å². The Labute approximate surface area is 131 Å². The van der Waals surface area contributed by atoms with Crippen LogP contribution >= 0.6 is 0 Å². The molecular weight excluding hydrogens is 278 g/mol. The topological polar surface area (TPSA) is 70.6 Å². The highest BCUT2D eigenvalue weighted by Crippen LogP contribution is 2.61. The fourth-order valence-corrected chi connectivity index (χ4v) is 5.78. The van der Waals surface area contributed by atoms with E-state index in [-0.39, 0.29) is 17.9 Å². The van der Waals surface area contributed by atoms with Crippen LogP contribution in [0.3, 0.4) is 0 Å². The molecule has 0 aromatic carbocycles. The van der Waals surface area contributed by atoms with Crippen molar-refractivity contribution in [2.45, 2.75) is 64.3 Å². The monoisotopic (exact) mass is 303 g/mol. The average Bonchev–Trinajstić information content (AvgIpc) is 2.46. The summed E-state index contributed by atoms with van der Waals surface area (Å²) < 4.78 is 0. The van der Waals surface area contributed by atoms with Gasteiger partial charge in [0, 0.05) is 18.9 Å². The largest absolute Gasteiger partial charge is 0.348 e. The van der Waals surface area contributed by atoms with Crippen LogP contribution < -0.4 is 10.7 Å². The summed E-state index contributed by atoms with van der Waals surface area (Å²) in [7, 11) is 0. The van der Waals surface area contributed by atoms with Gasteiger partial charge >= 0.3 is 0 Å². The Morgan fingerprint density at radius 2 is 1.77 bits per heavy atom. The maximum absolute atomic E-state index is 12.4. The number of nitrogens with zero attached hydrogens (tertiary/aromatic N) is 1. The van der Waals surface area contributed by atoms with E-state index in [0.717, 1.165) is 17.8 Å². The summed E-state index contributed by atoms with van der Waals surface area (Å²) in [4.78, 5) is 23.5. The highest BCUT2D eigenvalue weighted by atomic mass is 16.2. The van der Waals surface area contributed by atoms with E-state index in [1.165, 1.54) is 38.5 Å². The van der Waals surface area contributed by atoms with Crippen molar-refractivity contribution in [2.75, 3.05) is 0 Å². The lowest BCUT2D eigenvalue weighted by molar-refractivity contribution is -0.121. The Hall–Kier alpha value is -1.39. The van der Waals surface area contributed by atoms with Crippen molar-refractivity contribution in [2.24, 2.45) is 28.3 Å². The van der Waals surface area contributed by atoms with Crippen LogP contribution in [0.5, 0.6) is 0 Å². The van der Waals surface area contributed by atoms with Gasteiger partial charge in [-0.3, -0.25) is 9.59 Å². The lowest BCUT2D eigenvalue weighted by atomic mass is 9.48. The predicted molar refractivity (Wildman–Crippen MR) is 83.0 cm³/mol. The van der Waals surface area contributed by atoms with Gasteiger partial charge in [-0.1, -0.05) is 0 Å². The molecule has 5 nitrogen and oxygen atoms in total. The fraction of sp³-hybridized carbons (Fsp3) is 0.824. The standard InChI is InChI=1S/C17H25N3O2/c1-10(18-16(22)14-2-3-15(21)20-19-14)17-7-11-4-12(8-17)6-13(5-11)9-17/h10-13H,2-9H2,1H3,(H,18,22)(H,20,21). The van der Waals surface area contributed by atoms with Gasteiger partial charge in [0.25, 0.3) is 5.91 Å². The van der Waals surface area contributed by atoms with E-state index in [4.69, 9.17) is 0 Å². The van der Waals surface area contributed by atoms with Gasteiger partial charge < -0.3 is 5.32 Å². The maximum Gasteiger partial charge on any atom is 0.267 e. The summed E-state index contributed by atoms with van der Waals surface area (Å²) >= 11 is 0. The highest BCUT2D eigenvalue weighted by Gasteiger charge is 2.53. The van der Waals surface area contributed by atoms with Crippen molar-refractivity contribution < 1.29 is 9.59 Å². The van der Waals surface area contributed by atoms with Crippen molar-refractivity contribution in [3.8, 4) is 0 Å². The smallest absolute Gasteiger partial charge is 0.267 e. The number of nitrogens with one attached hydrogen (secondary N) is 2. The zero-order chi connectivity index (χ0) is 15.3. The second-order valence-corrected chi connectivity index (χ2v) is 8.07. The number of hydrogen-bond donors (Lipinski definition) is 2. The van der Waals surface area contributed by atoms with Crippen LogP contribution in [0.15, 0.2) is 5.10 Å². The Bertz CT molecular complexity index is 505. The summed E-state index contributed by atoms with van der Waals surface area (Å²) in [5, 5.41) is 7.12. The fourth-order valence-electron chi connectivity index (χ4n) is 5.78. The van der Waals surface area contributed by atoms with E-state index in [1.54, 1.807) is 0 Å². The van der Waals surface area contributed by atoms with Crippen molar-refractivity contribution >= 4 is 17.5 Å². The van der Waals surface area contributed by atoms with Crippen LogP contribution in [-0.4, -0.2) is 23.6 Å². The Kier molecular flexibility index (Phi) is 3.27. The Morgan fingerprint density at radius 3 is 2.27 bits per heavy atom. The van der Waals surface area contributed by atoms with Gasteiger partial charge in [-0.05, 0) is 68.6 Å². The SMILES string of the molecule is CC(NC(=O)C1=NNC(=O)CC1)C12CC3CC(CC(C3)C1)C2. The molecule has 1 heterocycles. The van der Waals surface area contributed by atoms with E-state index in [9.17, 15) is 9.59 Å². The lowest BCUT2D eigenvalue weighted by Crippen LogP contribution is -2.56. The van der Waals surface area contributed by atoms with E-state index in [1.807, 2.05) is 0 Å². The quantitative estimate of drug-likeness (QED) is 0.837. The third kappa shape index (κ3) is 2.34. The maximum atomic E-state index is 12.4. The molecule has 0 aromatic heterocycles. The Morgan fingerprint density at radius 1 is 1.18 bits per heavy atom. The number of amides is 2. The van der Waals surface area contributed by atoms with Gasteiger partial charge in [0.15, 0.2) is 0 Å². The molecule has 0 radical (unpaired) electrons. The molecule has 120 valence electrons. The average molecular weight is 303 g/mol. The number of hydrazone groups is 1. The van der Waals surface area contributed by atoms with Crippen LogP contribution in [-0.2, 0) is 9.59 Å². The molecule has 2 amide bonds. The number of carbonyl (C=O) groups is 2. The first-order valence-electron chi connectivity index (χ1n) is 8.70. The highest BCUT2D eigenvalue weighted by molar-refractivity contribution is 6.39. The minimum Gasteiger partial charge on any atom is -0.348 e. The van der Waals surface area contributed by atoms with Gasteiger partial charge in [-0.15, -0.1) is 0 Å². The van der Waals surface area contributed by atoms with Gasteiger partial charge in [-0.25, -0.2) is 5.43 Å². The van der Waals surface area contributed by atoms with Crippen LogP contribution in [0.2, 0.25) is 0 Å². The first-order chi connectivity index (χ1) is 10.5. The first kappa shape index (κ1) is 14.2. The van der Waals surface area contributed by atoms with Crippen molar-refractivity contribution in [1.82, 2.24) is 10.7 Å². The third-order valence-corrected chi connectivity index (χ3v) is 6.52. The summed E-state index contributed by atoms with van der Waals surface area (Å²) in [6.45, 7) is 2.17. The molecule has 5 rings (SSSR count). The molecular formula is C17H25N3O2. The molecule has 4 saturated carbocycles. The molecule has 4 bridgehead atoms. The molecule has 4 aliphatic carbocycles. The molecule has 0 spiro atoms. The normalized spacial score (nSPS) is 40.9. The number of rotatable bonds is 3. The third-order valence-electron chi connectivity index (χ3n) is 6.52. The Balaban J connectivity index is 1.45. The van der Waals surface area contributed by atoms with Crippen molar-refractivity contribution in [3.63, 3.8) is 0 Å². The molecule has 0 aromatic rings. The second-order valence-electron chi connectivity index (χ2n) is 8.07. The minimum absolute atomic E-state index is 0.0942. The van der Waals surface area contributed by atoms with Gasteiger partial charge in [0.1, 0.15) is 5.71 Å². The van der Waals surface area contributed by atoms with E-state index >= 15 is 0 Å². The van der Waals surface area contributed by atoms with E-state index in [2.05, 4.69) is 22.8 Å². The summed E-state index contributed by atoms with van der Waals surface area (Å²) in [6, 6.07) is 0.203. The van der Waals surface area contributed by atoms with Crippen LogP contribution in [0.1, 0.15) is 58.3 Å². The molecule has 1 aliphatic heterocycles. The number of carbonyl (C=O) groups excluding carboxylic acids is 2. The van der Waals surface area contributed by atoms with Crippen molar-refractivity contribution in [3.05, 3.63) is 0 Å². The minimum atomic E-state index is -0.106. The molecule has 4 fully saturated rings. The molecule has 22 heavy (non-hydrogen) atoms.